The Kier molecular flexibility index (Phi) is 4.92. The van der Waals surface area contributed by atoms with Gasteiger partial charge in [-0.3, -0.25) is 9.69 Å². The molecular weight excluding hydrogens is 397 g/mol. The fourth-order valence-corrected chi connectivity index (χ4v) is 3.91. The van der Waals surface area contributed by atoms with Gasteiger partial charge in [0, 0.05) is 24.2 Å². The minimum atomic E-state index is -0.407. The summed E-state index contributed by atoms with van der Waals surface area (Å²) in [4.78, 5) is 15.0. The SMILES string of the molecule is COc1ccccc1CN1COc2ccc3c(c2C1)O/C(=C\c1ccccc1F)C3=O. The zero-order chi connectivity index (χ0) is 21.4. The standard InChI is InChI=1S/C25H20FNO4/c1-29-21-9-5-3-7-17(21)13-27-14-19-22(30-15-27)11-10-18-24(28)23(31-25(18)19)12-16-6-2-4-8-20(16)26/h2-12H,13-15H2,1H3/b23-12-. The van der Waals surface area contributed by atoms with Crippen LogP contribution in [0.4, 0.5) is 4.39 Å². The lowest BCUT2D eigenvalue weighted by Crippen LogP contribution is -2.31. The number of hydrogen-bond acceptors (Lipinski definition) is 5. The van der Waals surface area contributed by atoms with Gasteiger partial charge < -0.3 is 14.2 Å². The zero-order valence-electron chi connectivity index (χ0n) is 16.9. The van der Waals surface area contributed by atoms with E-state index < -0.39 is 5.82 Å². The largest absolute Gasteiger partial charge is 0.496 e. The number of hydrogen-bond donors (Lipinski definition) is 0. The Labute approximate surface area is 179 Å². The molecule has 0 atom stereocenters. The average molecular weight is 417 g/mol. The molecule has 2 aliphatic rings. The van der Waals surface area contributed by atoms with Crippen molar-refractivity contribution in [3.8, 4) is 17.2 Å². The van der Waals surface area contributed by atoms with Gasteiger partial charge in [0.2, 0.25) is 5.78 Å². The monoisotopic (exact) mass is 417 g/mol. The molecule has 0 bridgehead atoms. The first-order chi connectivity index (χ1) is 15.1. The van der Waals surface area contributed by atoms with Crippen molar-refractivity contribution < 1.29 is 23.4 Å². The number of Topliss-reactive ketones (excluding diaryl/α,β-unsaturated/α-hetero) is 1. The molecule has 2 aliphatic heterocycles. The van der Waals surface area contributed by atoms with E-state index in [9.17, 15) is 9.18 Å². The number of carbonyl (C=O) groups excluding carboxylic acids is 1. The second-order valence-corrected chi connectivity index (χ2v) is 7.45. The highest BCUT2D eigenvalue weighted by molar-refractivity contribution is 6.15. The first-order valence-electron chi connectivity index (χ1n) is 9.96. The Morgan fingerprint density at radius 2 is 1.90 bits per heavy atom. The van der Waals surface area contributed by atoms with E-state index >= 15 is 0 Å². The zero-order valence-corrected chi connectivity index (χ0v) is 16.9. The predicted octanol–water partition coefficient (Wildman–Crippen LogP) is 4.80. The van der Waals surface area contributed by atoms with Gasteiger partial charge >= 0.3 is 0 Å². The Balaban J connectivity index is 1.44. The molecule has 0 unspecified atom stereocenters. The number of benzene rings is 3. The predicted molar refractivity (Wildman–Crippen MR) is 114 cm³/mol. The molecule has 6 heteroatoms. The molecule has 0 fully saturated rings. The van der Waals surface area contributed by atoms with Crippen LogP contribution in [0.15, 0.2) is 66.4 Å². The van der Waals surface area contributed by atoms with Crippen molar-refractivity contribution in [1.29, 1.82) is 0 Å². The number of methoxy groups -OCH3 is 1. The third-order valence-corrected chi connectivity index (χ3v) is 5.46. The Morgan fingerprint density at radius 3 is 2.74 bits per heavy atom. The van der Waals surface area contributed by atoms with E-state index in [4.69, 9.17) is 14.2 Å². The molecule has 0 radical (unpaired) electrons. The van der Waals surface area contributed by atoms with Crippen LogP contribution in [0.25, 0.3) is 6.08 Å². The maximum atomic E-state index is 14.0. The van der Waals surface area contributed by atoms with Crippen LogP contribution < -0.4 is 14.2 Å². The maximum absolute atomic E-state index is 14.0. The summed E-state index contributed by atoms with van der Waals surface area (Å²) in [5.41, 5.74) is 2.62. The fraction of sp³-hybridized carbons (Fsp3) is 0.160. The summed E-state index contributed by atoms with van der Waals surface area (Å²) in [5.74, 6) is 1.42. The second-order valence-electron chi connectivity index (χ2n) is 7.45. The van der Waals surface area contributed by atoms with E-state index in [-0.39, 0.29) is 11.5 Å². The lowest BCUT2D eigenvalue weighted by atomic mass is 10.0. The van der Waals surface area contributed by atoms with Gasteiger partial charge in [-0.2, -0.15) is 0 Å². The molecule has 0 spiro atoms. The molecule has 5 rings (SSSR count). The average Bonchev–Trinajstić information content (AvgIpc) is 3.11. The smallest absolute Gasteiger partial charge is 0.231 e. The molecule has 3 aromatic carbocycles. The van der Waals surface area contributed by atoms with Crippen LogP contribution in [0.2, 0.25) is 0 Å². The van der Waals surface area contributed by atoms with Gasteiger partial charge in [0.1, 0.15) is 29.8 Å². The van der Waals surface area contributed by atoms with Crippen LogP contribution in [0.5, 0.6) is 17.2 Å². The van der Waals surface area contributed by atoms with Crippen molar-refractivity contribution in [3.63, 3.8) is 0 Å². The Morgan fingerprint density at radius 1 is 1.10 bits per heavy atom. The van der Waals surface area contributed by atoms with E-state index in [1.54, 1.807) is 37.4 Å². The molecule has 0 saturated heterocycles. The number of rotatable bonds is 4. The fourth-order valence-electron chi connectivity index (χ4n) is 3.91. The number of para-hydroxylation sites is 1. The number of ether oxygens (including phenoxy) is 3. The highest BCUT2D eigenvalue weighted by atomic mass is 19.1. The van der Waals surface area contributed by atoms with Crippen LogP contribution in [0.3, 0.4) is 0 Å². The van der Waals surface area contributed by atoms with Crippen LogP contribution in [-0.4, -0.2) is 24.5 Å². The van der Waals surface area contributed by atoms with Gasteiger partial charge in [0.05, 0.1) is 18.2 Å². The summed E-state index contributed by atoms with van der Waals surface area (Å²) in [6.45, 7) is 1.59. The lowest BCUT2D eigenvalue weighted by Gasteiger charge is -2.30. The van der Waals surface area contributed by atoms with Gasteiger partial charge in [-0.25, -0.2) is 4.39 Å². The molecule has 31 heavy (non-hydrogen) atoms. The summed E-state index contributed by atoms with van der Waals surface area (Å²) in [6.07, 6.45) is 1.44. The van der Waals surface area contributed by atoms with E-state index in [1.165, 1.54) is 12.1 Å². The summed E-state index contributed by atoms with van der Waals surface area (Å²) >= 11 is 0. The third kappa shape index (κ3) is 3.55. The van der Waals surface area contributed by atoms with Crippen LogP contribution in [0, 0.1) is 5.82 Å². The first-order valence-corrected chi connectivity index (χ1v) is 9.96. The van der Waals surface area contributed by atoms with Crippen molar-refractivity contribution in [3.05, 3.63) is 94.5 Å². The highest BCUT2D eigenvalue weighted by Gasteiger charge is 2.33. The molecule has 0 aromatic heterocycles. The molecule has 0 amide bonds. The van der Waals surface area contributed by atoms with Gasteiger partial charge in [0.25, 0.3) is 0 Å². The van der Waals surface area contributed by atoms with E-state index in [0.717, 1.165) is 16.9 Å². The quantitative estimate of drug-likeness (QED) is 0.571. The Bertz CT molecular complexity index is 1200. The molecule has 2 heterocycles. The van der Waals surface area contributed by atoms with Crippen molar-refractivity contribution >= 4 is 11.9 Å². The summed E-state index contributed by atoms with van der Waals surface area (Å²) in [7, 11) is 1.65. The van der Waals surface area contributed by atoms with Crippen LogP contribution in [-0.2, 0) is 13.1 Å². The van der Waals surface area contributed by atoms with Crippen LogP contribution in [0.1, 0.15) is 27.0 Å². The third-order valence-electron chi connectivity index (χ3n) is 5.46. The van der Waals surface area contributed by atoms with E-state index in [1.807, 2.05) is 24.3 Å². The maximum Gasteiger partial charge on any atom is 0.231 e. The molecule has 156 valence electrons. The van der Waals surface area contributed by atoms with Gasteiger partial charge in [0.15, 0.2) is 5.76 Å². The Hall–Kier alpha value is -3.64. The van der Waals surface area contributed by atoms with Crippen molar-refractivity contribution in [2.45, 2.75) is 13.1 Å². The van der Waals surface area contributed by atoms with Gasteiger partial charge in [-0.05, 0) is 30.3 Å². The number of fused-ring (bicyclic) bond motifs is 3. The minimum Gasteiger partial charge on any atom is -0.496 e. The van der Waals surface area contributed by atoms with Crippen molar-refractivity contribution in [2.24, 2.45) is 0 Å². The molecule has 0 N–H and O–H groups in total. The van der Waals surface area contributed by atoms with E-state index in [0.29, 0.717) is 42.4 Å². The second kappa shape index (κ2) is 7.89. The minimum absolute atomic E-state index is 0.107. The number of halogens is 1. The summed E-state index contributed by atoms with van der Waals surface area (Å²) in [5, 5.41) is 0. The number of nitrogens with zero attached hydrogens (tertiary/aromatic N) is 1. The summed E-state index contributed by atoms with van der Waals surface area (Å²) < 4.78 is 31.4. The van der Waals surface area contributed by atoms with Gasteiger partial charge in [-0.1, -0.05) is 36.4 Å². The number of allylic oxidation sites excluding steroid dienone is 1. The highest BCUT2D eigenvalue weighted by Crippen LogP contribution is 2.42. The lowest BCUT2D eigenvalue weighted by molar-refractivity contribution is 0.0865. The molecule has 0 aliphatic carbocycles. The molecular formula is C25H20FNO4. The normalized spacial score (nSPS) is 16.5. The van der Waals surface area contributed by atoms with Crippen LogP contribution >= 0.6 is 0 Å². The van der Waals surface area contributed by atoms with Gasteiger partial charge in [-0.15, -0.1) is 0 Å². The number of carbonyl (C=O) groups is 1. The van der Waals surface area contributed by atoms with Crippen molar-refractivity contribution in [2.75, 3.05) is 13.8 Å². The van der Waals surface area contributed by atoms with Crippen molar-refractivity contribution in [1.82, 2.24) is 4.90 Å². The number of ketones is 1. The molecule has 5 nitrogen and oxygen atoms in total. The van der Waals surface area contributed by atoms with E-state index in [2.05, 4.69) is 4.90 Å². The topological polar surface area (TPSA) is 48.0 Å². The first kappa shape index (κ1) is 19.3. The molecule has 3 aromatic rings. The summed E-state index contributed by atoms with van der Waals surface area (Å²) in [6, 6.07) is 17.6. The molecule has 0 saturated carbocycles.